The van der Waals surface area contributed by atoms with E-state index in [2.05, 4.69) is 49.2 Å². The number of rotatable bonds is 6. The Hall–Kier alpha value is -2.15. The standard InChI is InChI=1S/C18H27N3O/c1-6-14-22-16-10-8-15(9-11-16)12-13-20-17(19-7-2)21-18(3,4)5/h1,8-11H,7,12-14H2,2-5H3,(H2,19,20,21). The molecule has 120 valence electrons. The summed E-state index contributed by atoms with van der Waals surface area (Å²) in [5, 5.41) is 6.63. The Morgan fingerprint density at radius 2 is 1.95 bits per heavy atom. The van der Waals surface area contributed by atoms with Gasteiger partial charge < -0.3 is 15.4 Å². The van der Waals surface area contributed by atoms with Crippen molar-refractivity contribution in [2.45, 2.75) is 39.7 Å². The average Bonchev–Trinajstić information content (AvgIpc) is 2.45. The third-order valence-electron chi connectivity index (χ3n) is 2.75. The van der Waals surface area contributed by atoms with Crippen molar-refractivity contribution < 1.29 is 4.74 Å². The van der Waals surface area contributed by atoms with Gasteiger partial charge in [0.2, 0.25) is 0 Å². The summed E-state index contributed by atoms with van der Waals surface area (Å²) in [6.07, 6.45) is 6.05. The summed E-state index contributed by atoms with van der Waals surface area (Å²) >= 11 is 0. The van der Waals surface area contributed by atoms with Crippen LogP contribution in [-0.4, -0.2) is 31.2 Å². The molecular weight excluding hydrogens is 274 g/mol. The van der Waals surface area contributed by atoms with Gasteiger partial charge >= 0.3 is 0 Å². The van der Waals surface area contributed by atoms with Gasteiger partial charge in [-0.2, -0.15) is 0 Å². The van der Waals surface area contributed by atoms with Crippen molar-refractivity contribution in [3.05, 3.63) is 29.8 Å². The van der Waals surface area contributed by atoms with E-state index >= 15 is 0 Å². The van der Waals surface area contributed by atoms with Crippen molar-refractivity contribution >= 4 is 5.96 Å². The first-order valence-corrected chi connectivity index (χ1v) is 7.66. The molecule has 0 aliphatic heterocycles. The largest absolute Gasteiger partial charge is 0.481 e. The van der Waals surface area contributed by atoms with E-state index in [-0.39, 0.29) is 5.54 Å². The Morgan fingerprint density at radius 3 is 2.50 bits per heavy atom. The Morgan fingerprint density at radius 1 is 1.27 bits per heavy atom. The number of hydrogen-bond acceptors (Lipinski definition) is 2. The second-order valence-corrected chi connectivity index (χ2v) is 6.02. The summed E-state index contributed by atoms with van der Waals surface area (Å²) in [7, 11) is 0. The number of aliphatic imine (C=N–C) groups is 1. The van der Waals surface area contributed by atoms with Crippen molar-refractivity contribution in [3.8, 4) is 18.1 Å². The van der Waals surface area contributed by atoms with E-state index in [4.69, 9.17) is 11.2 Å². The van der Waals surface area contributed by atoms with Crippen LogP contribution in [-0.2, 0) is 6.42 Å². The minimum absolute atomic E-state index is 0.00296. The third kappa shape index (κ3) is 7.58. The predicted molar refractivity (Wildman–Crippen MR) is 93.3 cm³/mol. The maximum atomic E-state index is 5.36. The zero-order valence-corrected chi connectivity index (χ0v) is 14.1. The average molecular weight is 301 g/mol. The fourth-order valence-corrected chi connectivity index (χ4v) is 1.84. The Bertz CT molecular complexity index is 507. The Balaban J connectivity index is 2.52. The van der Waals surface area contributed by atoms with Crippen LogP contribution in [0.25, 0.3) is 0 Å². The van der Waals surface area contributed by atoms with Crippen LogP contribution < -0.4 is 15.4 Å². The number of guanidine groups is 1. The number of nitrogens with zero attached hydrogens (tertiary/aromatic N) is 1. The lowest BCUT2D eigenvalue weighted by Gasteiger charge is -2.23. The zero-order chi connectivity index (χ0) is 16.4. The van der Waals surface area contributed by atoms with Crippen molar-refractivity contribution in [1.29, 1.82) is 0 Å². The van der Waals surface area contributed by atoms with Crippen LogP contribution in [0.2, 0.25) is 0 Å². The highest BCUT2D eigenvalue weighted by Crippen LogP contribution is 2.12. The molecule has 0 aliphatic rings. The minimum Gasteiger partial charge on any atom is -0.481 e. The van der Waals surface area contributed by atoms with E-state index in [1.807, 2.05) is 24.3 Å². The molecule has 1 aromatic carbocycles. The Kier molecular flexibility index (Phi) is 7.31. The number of hydrogen-bond donors (Lipinski definition) is 2. The zero-order valence-electron chi connectivity index (χ0n) is 14.1. The first kappa shape index (κ1) is 17.9. The molecule has 1 aromatic rings. The summed E-state index contributed by atoms with van der Waals surface area (Å²) in [6, 6.07) is 7.97. The molecule has 0 bridgehead atoms. The quantitative estimate of drug-likeness (QED) is 0.482. The third-order valence-corrected chi connectivity index (χ3v) is 2.75. The lowest BCUT2D eigenvalue weighted by molar-refractivity contribution is 0.370. The van der Waals surface area contributed by atoms with Gasteiger partial charge in [-0.3, -0.25) is 4.99 Å². The summed E-state index contributed by atoms with van der Waals surface area (Å²) in [4.78, 5) is 4.60. The van der Waals surface area contributed by atoms with E-state index in [1.165, 1.54) is 5.56 Å². The van der Waals surface area contributed by atoms with E-state index in [1.54, 1.807) is 0 Å². The highest BCUT2D eigenvalue weighted by Gasteiger charge is 2.11. The van der Waals surface area contributed by atoms with Crippen LogP contribution in [0.15, 0.2) is 29.3 Å². The molecule has 4 nitrogen and oxygen atoms in total. The van der Waals surface area contributed by atoms with Gasteiger partial charge in [0.05, 0.1) is 0 Å². The van der Waals surface area contributed by atoms with Crippen LogP contribution in [0.4, 0.5) is 0 Å². The molecule has 0 radical (unpaired) electrons. The smallest absolute Gasteiger partial charge is 0.191 e. The van der Waals surface area contributed by atoms with Crippen molar-refractivity contribution in [2.75, 3.05) is 19.7 Å². The van der Waals surface area contributed by atoms with E-state index in [0.717, 1.165) is 31.2 Å². The van der Waals surface area contributed by atoms with Crippen molar-refractivity contribution in [3.63, 3.8) is 0 Å². The maximum Gasteiger partial charge on any atom is 0.191 e. The molecule has 0 saturated heterocycles. The number of terminal acetylenes is 1. The molecule has 0 unspecified atom stereocenters. The molecule has 0 atom stereocenters. The summed E-state index contributed by atoms with van der Waals surface area (Å²) < 4.78 is 5.36. The molecular formula is C18H27N3O. The highest BCUT2D eigenvalue weighted by molar-refractivity contribution is 5.80. The van der Waals surface area contributed by atoms with E-state index < -0.39 is 0 Å². The summed E-state index contributed by atoms with van der Waals surface area (Å²) in [5.74, 6) is 4.10. The molecule has 0 spiro atoms. The lowest BCUT2D eigenvalue weighted by atomic mass is 10.1. The van der Waals surface area contributed by atoms with Gasteiger partial charge in [0.25, 0.3) is 0 Å². The minimum atomic E-state index is -0.00296. The summed E-state index contributed by atoms with van der Waals surface area (Å²) in [5.41, 5.74) is 1.22. The van der Waals surface area contributed by atoms with Gasteiger partial charge in [0.1, 0.15) is 12.4 Å². The fraction of sp³-hybridized carbons (Fsp3) is 0.500. The van der Waals surface area contributed by atoms with Gasteiger partial charge in [-0.1, -0.05) is 18.1 Å². The summed E-state index contributed by atoms with van der Waals surface area (Å²) in [6.45, 7) is 10.3. The molecule has 0 heterocycles. The van der Waals surface area contributed by atoms with E-state index in [9.17, 15) is 0 Å². The first-order chi connectivity index (χ1) is 10.4. The van der Waals surface area contributed by atoms with Crippen LogP contribution in [0.5, 0.6) is 5.75 Å². The van der Waals surface area contributed by atoms with Gasteiger partial charge in [-0.05, 0) is 51.8 Å². The fourth-order valence-electron chi connectivity index (χ4n) is 1.84. The molecule has 2 N–H and O–H groups in total. The maximum absolute atomic E-state index is 5.36. The van der Waals surface area contributed by atoms with Crippen LogP contribution in [0.1, 0.15) is 33.3 Å². The van der Waals surface area contributed by atoms with Gasteiger partial charge in [0.15, 0.2) is 5.96 Å². The SMILES string of the molecule is C#CCOc1ccc(CCN=C(NCC)NC(C)(C)C)cc1. The molecule has 0 aliphatic carbocycles. The number of ether oxygens (including phenoxy) is 1. The monoisotopic (exact) mass is 301 g/mol. The second-order valence-electron chi connectivity index (χ2n) is 6.02. The van der Waals surface area contributed by atoms with E-state index in [0.29, 0.717) is 6.61 Å². The number of nitrogens with one attached hydrogen (secondary N) is 2. The highest BCUT2D eigenvalue weighted by atomic mass is 16.5. The molecule has 4 heteroatoms. The normalized spacial score (nSPS) is 11.7. The van der Waals surface area contributed by atoms with Crippen molar-refractivity contribution in [1.82, 2.24) is 10.6 Å². The lowest BCUT2D eigenvalue weighted by Crippen LogP contribution is -2.47. The molecule has 0 saturated carbocycles. The van der Waals surface area contributed by atoms with Crippen molar-refractivity contribution in [2.24, 2.45) is 4.99 Å². The van der Waals surface area contributed by atoms with Crippen LogP contribution in [0, 0.1) is 12.3 Å². The molecule has 1 rings (SSSR count). The predicted octanol–water partition coefficient (Wildman–Crippen LogP) is 2.59. The molecule has 0 amide bonds. The topological polar surface area (TPSA) is 45.6 Å². The second kappa shape index (κ2) is 8.99. The number of benzene rings is 1. The molecule has 22 heavy (non-hydrogen) atoms. The van der Waals surface area contributed by atoms with Gasteiger partial charge in [-0.15, -0.1) is 6.42 Å². The van der Waals surface area contributed by atoms with Crippen LogP contribution in [0.3, 0.4) is 0 Å². The van der Waals surface area contributed by atoms with Gasteiger partial charge in [0, 0.05) is 18.6 Å². The molecule has 0 fully saturated rings. The molecule has 0 aromatic heterocycles. The van der Waals surface area contributed by atoms with Gasteiger partial charge in [-0.25, -0.2) is 0 Å². The first-order valence-electron chi connectivity index (χ1n) is 7.66. The van der Waals surface area contributed by atoms with Crippen LogP contribution >= 0.6 is 0 Å². The Labute approximate surface area is 134 Å².